The number of halogens is 1. The molecule has 2 nitrogen and oxygen atoms in total. The van der Waals surface area contributed by atoms with Gasteiger partial charge in [0.1, 0.15) is 12.4 Å². The van der Waals surface area contributed by atoms with Gasteiger partial charge in [-0.1, -0.05) is 29.8 Å². The van der Waals surface area contributed by atoms with Crippen molar-refractivity contribution in [1.82, 2.24) is 0 Å². The molecule has 0 spiro atoms. The van der Waals surface area contributed by atoms with E-state index in [1.165, 1.54) is 11.1 Å². The maximum atomic E-state index is 6.22. The summed E-state index contributed by atoms with van der Waals surface area (Å²) in [6, 6.07) is 10.0. The SMILES string of the molecule is Cc1ccc(C(N)COc2cc(C)c(Cl)c(C)c2)cc1C. The maximum absolute atomic E-state index is 6.22. The van der Waals surface area contributed by atoms with Gasteiger partial charge < -0.3 is 10.5 Å². The maximum Gasteiger partial charge on any atom is 0.120 e. The fraction of sp³-hybridized carbons (Fsp3) is 0.333. The van der Waals surface area contributed by atoms with Gasteiger partial charge in [0.15, 0.2) is 0 Å². The molecule has 0 heterocycles. The number of rotatable bonds is 4. The van der Waals surface area contributed by atoms with Gasteiger partial charge in [0, 0.05) is 5.02 Å². The Morgan fingerprint density at radius 1 is 0.952 bits per heavy atom. The fourth-order valence-electron chi connectivity index (χ4n) is 2.27. The predicted octanol–water partition coefficient (Wildman–Crippen LogP) is 4.65. The minimum atomic E-state index is -0.138. The normalized spacial score (nSPS) is 12.3. The molecule has 1 unspecified atom stereocenters. The Morgan fingerprint density at radius 2 is 1.57 bits per heavy atom. The van der Waals surface area contributed by atoms with E-state index in [1.54, 1.807) is 0 Å². The molecule has 0 bridgehead atoms. The summed E-state index contributed by atoms with van der Waals surface area (Å²) in [6.07, 6.45) is 0. The molecule has 0 aliphatic carbocycles. The van der Waals surface area contributed by atoms with Crippen LogP contribution < -0.4 is 10.5 Å². The molecule has 2 aromatic carbocycles. The van der Waals surface area contributed by atoms with Crippen LogP contribution in [0.5, 0.6) is 5.75 Å². The Kier molecular flexibility index (Phi) is 4.92. The first-order chi connectivity index (χ1) is 9.88. The zero-order chi connectivity index (χ0) is 15.6. The third-order valence-corrected chi connectivity index (χ3v) is 4.39. The fourth-order valence-corrected chi connectivity index (χ4v) is 2.38. The van der Waals surface area contributed by atoms with Crippen molar-refractivity contribution in [2.75, 3.05) is 6.61 Å². The number of benzene rings is 2. The molecule has 2 aromatic rings. The molecule has 0 saturated heterocycles. The van der Waals surface area contributed by atoms with Crippen LogP contribution in [0.15, 0.2) is 30.3 Å². The Balaban J connectivity index is 2.07. The van der Waals surface area contributed by atoms with E-state index in [0.29, 0.717) is 6.61 Å². The molecular formula is C18H22ClNO. The minimum absolute atomic E-state index is 0.138. The molecule has 21 heavy (non-hydrogen) atoms. The van der Waals surface area contributed by atoms with Gasteiger partial charge >= 0.3 is 0 Å². The van der Waals surface area contributed by atoms with Gasteiger partial charge in [0.05, 0.1) is 6.04 Å². The highest BCUT2D eigenvalue weighted by Crippen LogP contribution is 2.26. The van der Waals surface area contributed by atoms with Crippen LogP contribution in [-0.2, 0) is 0 Å². The zero-order valence-electron chi connectivity index (χ0n) is 13.0. The molecule has 0 radical (unpaired) electrons. The lowest BCUT2D eigenvalue weighted by Crippen LogP contribution is -2.19. The lowest BCUT2D eigenvalue weighted by molar-refractivity contribution is 0.290. The van der Waals surface area contributed by atoms with E-state index in [2.05, 4.69) is 32.0 Å². The smallest absolute Gasteiger partial charge is 0.120 e. The van der Waals surface area contributed by atoms with Crippen LogP contribution in [0.2, 0.25) is 5.02 Å². The van der Waals surface area contributed by atoms with Gasteiger partial charge in [-0.2, -0.15) is 0 Å². The molecule has 1 atom stereocenters. The van der Waals surface area contributed by atoms with Crippen molar-refractivity contribution in [2.24, 2.45) is 5.73 Å². The highest BCUT2D eigenvalue weighted by atomic mass is 35.5. The number of hydrogen-bond donors (Lipinski definition) is 1. The molecular weight excluding hydrogens is 282 g/mol. The monoisotopic (exact) mass is 303 g/mol. The van der Waals surface area contributed by atoms with Crippen molar-refractivity contribution < 1.29 is 4.74 Å². The number of ether oxygens (including phenoxy) is 1. The van der Waals surface area contributed by atoms with Crippen LogP contribution in [-0.4, -0.2) is 6.61 Å². The largest absolute Gasteiger partial charge is 0.492 e. The highest BCUT2D eigenvalue weighted by molar-refractivity contribution is 6.32. The first-order valence-corrected chi connectivity index (χ1v) is 7.48. The van der Waals surface area contributed by atoms with Crippen molar-refractivity contribution in [3.05, 3.63) is 63.2 Å². The Bertz CT molecular complexity index is 629. The molecule has 0 saturated carbocycles. The van der Waals surface area contributed by atoms with Gasteiger partial charge in [-0.3, -0.25) is 0 Å². The average molecular weight is 304 g/mol. The van der Waals surface area contributed by atoms with E-state index in [1.807, 2.05) is 26.0 Å². The summed E-state index contributed by atoms with van der Waals surface area (Å²) >= 11 is 6.16. The van der Waals surface area contributed by atoms with Crippen LogP contribution in [0.3, 0.4) is 0 Å². The standard InChI is InChI=1S/C18H22ClNO/c1-11-5-6-15(7-12(11)2)17(20)10-21-16-8-13(3)18(19)14(4)9-16/h5-9,17H,10,20H2,1-4H3. The summed E-state index contributed by atoms with van der Waals surface area (Å²) in [7, 11) is 0. The first kappa shape index (κ1) is 15.9. The summed E-state index contributed by atoms with van der Waals surface area (Å²) in [4.78, 5) is 0. The third-order valence-electron chi connectivity index (χ3n) is 3.80. The van der Waals surface area contributed by atoms with Crippen LogP contribution in [0.25, 0.3) is 0 Å². The molecule has 0 fully saturated rings. The second-order valence-corrected chi connectivity index (χ2v) is 6.01. The van der Waals surface area contributed by atoms with Crippen molar-refractivity contribution in [3.8, 4) is 5.75 Å². The molecule has 3 heteroatoms. The lowest BCUT2D eigenvalue weighted by atomic mass is 10.0. The van der Waals surface area contributed by atoms with E-state index < -0.39 is 0 Å². The minimum Gasteiger partial charge on any atom is -0.492 e. The lowest BCUT2D eigenvalue weighted by Gasteiger charge is -2.16. The first-order valence-electron chi connectivity index (χ1n) is 7.10. The average Bonchev–Trinajstić information content (AvgIpc) is 2.44. The van der Waals surface area contributed by atoms with E-state index in [-0.39, 0.29) is 6.04 Å². The summed E-state index contributed by atoms with van der Waals surface area (Å²) in [6.45, 7) is 8.60. The van der Waals surface area contributed by atoms with Crippen LogP contribution in [0.1, 0.15) is 33.9 Å². The Hall–Kier alpha value is -1.51. The van der Waals surface area contributed by atoms with Crippen molar-refractivity contribution in [1.29, 1.82) is 0 Å². The van der Waals surface area contributed by atoms with Crippen LogP contribution >= 0.6 is 11.6 Å². The highest BCUT2D eigenvalue weighted by Gasteiger charge is 2.09. The molecule has 2 rings (SSSR count). The van der Waals surface area contributed by atoms with Gasteiger partial charge in [-0.25, -0.2) is 0 Å². The van der Waals surface area contributed by atoms with Crippen molar-refractivity contribution >= 4 is 11.6 Å². The van der Waals surface area contributed by atoms with Gasteiger partial charge in [-0.05, 0) is 67.6 Å². The molecule has 0 aliphatic rings. The summed E-state index contributed by atoms with van der Waals surface area (Å²) < 4.78 is 5.83. The quantitative estimate of drug-likeness (QED) is 0.892. The number of aryl methyl sites for hydroxylation is 4. The van der Waals surface area contributed by atoms with E-state index in [9.17, 15) is 0 Å². The van der Waals surface area contributed by atoms with Gasteiger partial charge in [0.25, 0.3) is 0 Å². The topological polar surface area (TPSA) is 35.2 Å². The van der Waals surface area contributed by atoms with E-state index in [4.69, 9.17) is 22.1 Å². The molecule has 0 amide bonds. The Labute approximate surface area is 131 Å². The summed E-state index contributed by atoms with van der Waals surface area (Å²) in [5.74, 6) is 0.814. The molecule has 112 valence electrons. The second kappa shape index (κ2) is 6.50. The third kappa shape index (κ3) is 3.78. The van der Waals surface area contributed by atoms with Gasteiger partial charge in [0.2, 0.25) is 0 Å². The summed E-state index contributed by atoms with van der Waals surface area (Å²) in [5.41, 5.74) is 11.9. The number of nitrogens with two attached hydrogens (primary N) is 1. The number of hydrogen-bond acceptors (Lipinski definition) is 2. The van der Waals surface area contributed by atoms with Crippen molar-refractivity contribution in [3.63, 3.8) is 0 Å². The van der Waals surface area contributed by atoms with Crippen molar-refractivity contribution in [2.45, 2.75) is 33.7 Å². The van der Waals surface area contributed by atoms with Crippen LogP contribution in [0, 0.1) is 27.7 Å². The molecule has 2 N–H and O–H groups in total. The summed E-state index contributed by atoms with van der Waals surface area (Å²) in [5, 5.41) is 0.792. The van der Waals surface area contributed by atoms with E-state index in [0.717, 1.165) is 27.5 Å². The van der Waals surface area contributed by atoms with Gasteiger partial charge in [-0.15, -0.1) is 0 Å². The Morgan fingerprint density at radius 3 is 2.14 bits per heavy atom. The van der Waals surface area contributed by atoms with Crippen LogP contribution in [0.4, 0.5) is 0 Å². The predicted molar refractivity (Wildman–Crippen MR) is 89.3 cm³/mol. The zero-order valence-corrected chi connectivity index (χ0v) is 13.8. The molecule has 0 aliphatic heterocycles. The van der Waals surface area contributed by atoms with E-state index >= 15 is 0 Å². The molecule has 0 aromatic heterocycles. The second-order valence-electron chi connectivity index (χ2n) is 5.63.